The summed E-state index contributed by atoms with van der Waals surface area (Å²) in [6.45, 7) is 1.51. The molecular weight excluding hydrogens is 540 g/mol. The Bertz CT molecular complexity index is 1760. The number of fused-ring (bicyclic) bond motifs is 3. The first kappa shape index (κ1) is 26.7. The number of para-hydroxylation sites is 2. The molecule has 0 aliphatic heterocycles. The molecule has 0 saturated carbocycles. The molecule has 41 heavy (non-hydrogen) atoms. The lowest BCUT2D eigenvalue weighted by atomic mass is 9.99. The number of carbonyl (C=O) groups excluding carboxylic acids is 3. The van der Waals surface area contributed by atoms with Crippen molar-refractivity contribution in [1.82, 2.24) is 4.98 Å². The SMILES string of the molecule is COC(=O)c1c(NC(=O)C(C)OC(=O)c2cccc3cccc(-c4nc5ccccc5o4)c23)sc2c1CCCCC2. The van der Waals surface area contributed by atoms with Gasteiger partial charge in [0, 0.05) is 15.8 Å². The van der Waals surface area contributed by atoms with Gasteiger partial charge in [-0.2, -0.15) is 0 Å². The number of hydrogen-bond donors (Lipinski definition) is 1. The number of methoxy groups -OCH3 is 1. The maximum Gasteiger partial charge on any atom is 0.341 e. The average molecular weight is 569 g/mol. The fourth-order valence-electron chi connectivity index (χ4n) is 5.32. The highest BCUT2D eigenvalue weighted by molar-refractivity contribution is 7.17. The van der Waals surface area contributed by atoms with Crippen LogP contribution >= 0.6 is 11.3 Å². The van der Waals surface area contributed by atoms with Gasteiger partial charge in [-0.15, -0.1) is 11.3 Å². The Morgan fingerprint density at radius 1 is 0.951 bits per heavy atom. The van der Waals surface area contributed by atoms with Gasteiger partial charge in [0.05, 0.1) is 18.2 Å². The Morgan fingerprint density at radius 2 is 1.73 bits per heavy atom. The van der Waals surface area contributed by atoms with Crippen molar-refractivity contribution in [3.8, 4) is 11.5 Å². The maximum atomic E-state index is 13.5. The molecule has 1 N–H and O–H groups in total. The normalized spacial score (nSPS) is 13.8. The number of amides is 1. The molecular formula is C32H28N2O6S. The smallest absolute Gasteiger partial charge is 0.341 e. The summed E-state index contributed by atoms with van der Waals surface area (Å²) in [4.78, 5) is 45.1. The summed E-state index contributed by atoms with van der Waals surface area (Å²) in [5.74, 6) is -1.28. The van der Waals surface area contributed by atoms with E-state index >= 15 is 0 Å². The number of benzene rings is 3. The molecule has 1 aliphatic rings. The summed E-state index contributed by atoms with van der Waals surface area (Å²) >= 11 is 1.39. The van der Waals surface area contributed by atoms with Crippen molar-refractivity contribution in [1.29, 1.82) is 0 Å². The molecule has 0 bridgehead atoms. The van der Waals surface area contributed by atoms with Gasteiger partial charge in [0.25, 0.3) is 5.91 Å². The number of aromatic nitrogens is 1. The molecule has 5 aromatic rings. The van der Waals surface area contributed by atoms with Crippen LogP contribution in [0.15, 0.2) is 65.1 Å². The zero-order valence-electron chi connectivity index (χ0n) is 22.7. The van der Waals surface area contributed by atoms with Crippen LogP contribution in [0.4, 0.5) is 5.00 Å². The highest BCUT2D eigenvalue weighted by Crippen LogP contribution is 2.38. The number of nitrogens with zero attached hydrogens (tertiary/aromatic N) is 1. The van der Waals surface area contributed by atoms with Crippen LogP contribution in [-0.4, -0.2) is 36.0 Å². The van der Waals surface area contributed by atoms with Crippen LogP contribution in [0.25, 0.3) is 33.3 Å². The van der Waals surface area contributed by atoms with Crippen molar-refractivity contribution in [2.24, 2.45) is 0 Å². The van der Waals surface area contributed by atoms with Gasteiger partial charge in [-0.25, -0.2) is 14.6 Å². The predicted octanol–water partition coefficient (Wildman–Crippen LogP) is 6.95. The number of anilines is 1. The van der Waals surface area contributed by atoms with Gasteiger partial charge < -0.3 is 19.2 Å². The lowest BCUT2D eigenvalue weighted by Crippen LogP contribution is -2.30. The van der Waals surface area contributed by atoms with Gasteiger partial charge in [-0.05, 0) is 67.8 Å². The summed E-state index contributed by atoms with van der Waals surface area (Å²) in [6.07, 6.45) is 3.60. The second-order valence-electron chi connectivity index (χ2n) is 9.99. The van der Waals surface area contributed by atoms with Crippen LogP contribution in [0, 0.1) is 0 Å². The zero-order valence-corrected chi connectivity index (χ0v) is 23.5. The highest BCUT2D eigenvalue weighted by atomic mass is 32.1. The molecule has 208 valence electrons. The number of hydrogen-bond acceptors (Lipinski definition) is 8. The Balaban J connectivity index is 1.27. The van der Waals surface area contributed by atoms with Gasteiger partial charge in [-0.1, -0.05) is 42.8 Å². The largest absolute Gasteiger partial charge is 0.465 e. The monoisotopic (exact) mass is 568 g/mol. The van der Waals surface area contributed by atoms with Gasteiger partial charge >= 0.3 is 11.9 Å². The van der Waals surface area contributed by atoms with Crippen LogP contribution in [0.5, 0.6) is 0 Å². The number of rotatable bonds is 6. The van der Waals surface area contributed by atoms with E-state index in [1.165, 1.54) is 25.4 Å². The van der Waals surface area contributed by atoms with Crippen LogP contribution in [0.1, 0.15) is 57.3 Å². The second kappa shape index (κ2) is 11.2. The Morgan fingerprint density at radius 3 is 2.54 bits per heavy atom. The van der Waals surface area contributed by atoms with E-state index in [1.807, 2.05) is 48.5 Å². The van der Waals surface area contributed by atoms with Gasteiger partial charge in [-0.3, -0.25) is 4.79 Å². The molecule has 0 saturated heterocycles. The Kier molecular flexibility index (Phi) is 7.28. The van der Waals surface area contributed by atoms with Crippen molar-refractivity contribution in [3.05, 3.63) is 82.2 Å². The molecule has 2 heterocycles. The van der Waals surface area contributed by atoms with Crippen molar-refractivity contribution in [3.63, 3.8) is 0 Å². The lowest BCUT2D eigenvalue weighted by Gasteiger charge is -2.15. The molecule has 0 spiro atoms. The fraction of sp³-hybridized carbons (Fsp3) is 0.250. The van der Waals surface area contributed by atoms with Crippen LogP contribution in [-0.2, 0) is 27.1 Å². The van der Waals surface area contributed by atoms with E-state index in [0.29, 0.717) is 38.5 Å². The predicted molar refractivity (Wildman–Crippen MR) is 157 cm³/mol. The van der Waals surface area contributed by atoms with Crippen LogP contribution in [0.2, 0.25) is 0 Å². The number of esters is 2. The van der Waals surface area contributed by atoms with E-state index in [0.717, 1.165) is 47.9 Å². The minimum Gasteiger partial charge on any atom is -0.465 e. The Labute approximate surface area is 240 Å². The standard InChI is InChI=1S/C32H28N2O6S/c1-18(28(35)34-30-27(32(37)38-2)20-12-4-3-5-17-25(20)41-30)39-31(36)22-14-9-11-19-10-8-13-21(26(19)22)29-33-23-15-6-7-16-24(23)40-29/h6-11,13-16,18H,3-5,12,17H2,1-2H3,(H,34,35). The fourth-order valence-corrected chi connectivity index (χ4v) is 6.60. The molecule has 8 nitrogen and oxygen atoms in total. The van der Waals surface area contributed by atoms with E-state index in [1.54, 1.807) is 12.1 Å². The lowest BCUT2D eigenvalue weighted by molar-refractivity contribution is -0.123. The molecule has 1 amide bonds. The molecule has 0 radical (unpaired) electrons. The third-order valence-electron chi connectivity index (χ3n) is 7.35. The highest BCUT2D eigenvalue weighted by Gasteiger charge is 2.29. The van der Waals surface area contributed by atoms with Gasteiger partial charge in [0.1, 0.15) is 10.5 Å². The quantitative estimate of drug-likeness (QED) is 0.174. The summed E-state index contributed by atoms with van der Waals surface area (Å²) in [7, 11) is 1.33. The first-order chi connectivity index (χ1) is 19.9. The number of thiophene rings is 1. The molecule has 9 heteroatoms. The first-order valence-electron chi connectivity index (χ1n) is 13.6. The summed E-state index contributed by atoms with van der Waals surface area (Å²) in [5, 5.41) is 4.68. The Hall–Kier alpha value is -4.50. The van der Waals surface area contributed by atoms with E-state index in [2.05, 4.69) is 10.3 Å². The molecule has 0 fully saturated rings. The van der Waals surface area contributed by atoms with Crippen molar-refractivity contribution in [2.45, 2.75) is 45.1 Å². The minimum absolute atomic E-state index is 0.290. The number of carbonyl (C=O) groups is 3. The van der Waals surface area contributed by atoms with Gasteiger partial charge in [0.15, 0.2) is 11.7 Å². The number of oxazole rings is 1. The average Bonchev–Trinajstić information content (AvgIpc) is 3.49. The molecule has 1 atom stereocenters. The molecule has 2 aromatic heterocycles. The molecule has 1 unspecified atom stereocenters. The number of aryl methyl sites for hydroxylation is 1. The summed E-state index contributed by atoms with van der Waals surface area (Å²) in [5.41, 5.74) is 3.63. The summed E-state index contributed by atoms with van der Waals surface area (Å²) in [6, 6.07) is 18.4. The first-order valence-corrected chi connectivity index (χ1v) is 14.4. The molecule has 1 aliphatic carbocycles. The summed E-state index contributed by atoms with van der Waals surface area (Å²) < 4.78 is 16.7. The zero-order chi connectivity index (χ0) is 28.5. The van der Waals surface area contributed by atoms with Gasteiger partial charge in [0.2, 0.25) is 5.89 Å². The van der Waals surface area contributed by atoms with E-state index in [-0.39, 0.29) is 5.56 Å². The van der Waals surface area contributed by atoms with Crippen LogP contribution in [0.3, 0.4) is 0 Å². The van der Waals surface area contributed by atoms with Crippen molar-refractivity contribution < 1.29 is 28.3 Å². The van der Waals surface area contributed by atoms with E-state index in [4.69, 9.17) is 13.9 Å². The number of ether oxygens (including phenoxy) is 2. The maximum absolute atomic E-state index is 13.5. The number of nitrogens with one attached hydrogen (secondary N) is 1. The van der Waals surface area contributed by atoms with E-state index < -0.39 is 23.9 Å². The molecule has 6 rings (SSSR count). The third-order valence-corrected chi connectivity index (χ3v) is 8.56. The van der Waals surface area contributed by atoms with Crippen molar-refractivity contribution >= 4 is 56.1 Å². The van der Waals surface area contributed by atoms with Crippen molar-refractivity contribution in [2.75, 3.05) is 12.4 Å². The second-order valence-corrected chi connectivity index (χ2v) is 11.1. The molecule has 3 aromatic carbocycles. The third kappa shape index (κ3) is 5.09. The topological polar surface area (TPSA) is 108 Å². The minimum atomic E-state index is -1.12. The van der Waals surface area contributed by atoms with Crippen LogP contribution < -0.4 is 5.32 Å². The van der Waals surface area contributed by atoms with E-state index in [9.17, 15) is 14.4 Å².